The summed E-state index contributed by atoms with van der Waals surface area (Å²) in [5.74, 6) is -0.0157. The monoisotopic (exact) mass is 305 g/mol. The number of hydrogen-bond acceptors (Lipinski definition) is 5. The van der Waals surface area contributed by atoms with Crippen molar-refractivity contribution in [3.05, 3.63) is 29.3 Å². The summed E-state index contributed by atoms with van der Waals surface area (Å²) in [6, 6.07) is 6.12. The zero-order valence-electron chi connectivity index (χ0n) is 12.6. The predicted octanol–water partition coefficient (Wildman–Crippen LogP) is 1.90. The van der Waals surface area contributed by atoms with Gasteiger partial charge in [0.05, 0.1) is 10.9 Å². The molecule has 0 spiro atoms. The number of aromatic nitrogens is 4. The molecule has 0 aliphatic heterocycles. The third-order valence-electron chi connectivity index (χ3n) is 3.04. The quantitative estimate of drug-likeness (QED) is 0.854. The molecule has 0 saturated heterocycles. The number of nitrogens with one attached hydrogen (secondary N) is 1. The molecule has 2 rings (SSSR count). The van der Waals surface area contributed by atoms with Gasteiger partial charge in [0, 0.05) is 6.54 Å². The minimum absolute atomic E-state index is 0.0157. The van der Waals surface area contributed by atoms with E-state index in [9.17, 15) is 4.79 Å². The normalized spacial score (nSPS) is 12.2. The van der Waals surface area contributed by atoms with E-state index < -0.39 is 0 Å². The van der Waals surface area contributed by atoms with Crippen LogP contribution in [0, 0.1) is 13.8 Å². The van der Waals surface area contributed by atoms with Gasteiger partial charge in [0.15, 0.2) is 0 Å². The highest BCUT2D eigenvalue weighted by atomic mass is 32.2. The van der Waals surface area contributed by atoms with Crippen LogP contribution in [-0.2, 0) is 4.79 Å². The number of carbonyl (C=O) groups excluding carboxylic acids is 1. The summed E-state index contributed by atoms with van der Waals surface area (Å²) < 4.78 is 1.68. The highest BCUT2D eigenvalue weighted by Crippen LogP contribution is 2.24. The lowest BCUT2D eigenvalue weighted by atomic mass is 10.1. The Morgan fingerprint density at radius 1 is 1.43 bits per heavy atom. The summed E-state index contributed by atoms with van der Waals surface area (Å²) in [7, 11) is 0. The van der Waals surface area contributed by atoms with Crippen LogP contribution < -0.4 is 5.32 Å². The van der Waals surface area contributed by atoms with E-state index in [1.54, 1.807) is 4.68 Å². The smallest absolute Gasteiger partial charge is 0.233 e. The van der Waals surface area contributed by atoms with Gasteiger partial charge >= 0.3 is 0 Å². The van der Waals surface area contributed by atoms with Crippen LogP contribution in [-0.4, -0.2) is 37.9 Å². The van der Waals surface area contributed by atoms with E-state index in [1.807, 2.05) is 45.9 Å². The fourth-order valence-electron chi connectivity index (χ4n) is 1.88. The molecule has 0 radical (unpaired) electrons. The second kappa shape index (κ2) is 6.71. The molecule has 1 N–H and O–H groups in total. The molecular weight excluding hydrogens is 286 g/mol. The number of tetrazole rings is 1. The number of amides is 1. The third kappa shape index (κ3) is 3.60. The molecule has 1 amide bonds. The Hall–Kier alpha value is -1.89. The summed E-state index contributed by atoms with van der Waals surface area (Å²) >= 11 is 1.35. The van der Waals surface area contributed by atoms with Gasteiger partial charge in [0.1, 0.15) is 0 Å². The maximum absolute atomic E-state index is 11.8. The average Bonchev–Trinajstić information content (AvgIpc) is 2.89. The Kier molecular flexibility index (Phi) is 4.95. The molecule has 0 saturated carbocycles. The van der Waals surface area contributed by atoms with Gasteiger partial charge in [-0.1, -0.05) is 23.9 Å². The van der Waals surface area contributed by atoms with Crippen molar-refractivity contribution in [3.8, 4) is 5.69 Å². The van der Waals surface area contributed by atoms with Crippen molar-refractivity contribution in [1.82, 2.24) is 25.5 Å². The third-order valence-corrected chi connectivity index (χ3v) is 4.07. The minimum atomic E-state index is -0.250. The summed E-state index contributed by atoms with van der Waals surface area (Å²) in [5.41, 5.74) is 3.16. The summed E-state index contributed by atoms with van der Waals surface area (Å²) in [5, 5.41) is 15.0. The van der Waals surface area contributed by atoms with Crippen molar-refractivity contribution >= 4 is 17.7 Å². The lowest BCUT2D eigenvalue weighted by Crippen LogP contribution is -2.30. The van der Waals surface area contributed by atoms with E-state index >= 15 is 0 Å². The van der Waals surface area contributed by atoms with E-state index in [0.717, 1.165) is 16.8 Å². The molecule has 2 aromatic rings. The fourth-order valence-corrected chi connectivity index (χ4v) is 2.71. The number of benzene rings is 1. The number of rotatable bonds is 5. The highest BCUT2D eigenvalue weighted by molar-refractivity contribution is 8.00. The van der Waals surface area contributed by atoms with Gasteiger partial charge in [-0.15, -0.1) is 5.10 Å². The summed E-state index contributed by atoms with van der Waals surface area (Å²) in [6.07, 6.45) is 0. The Labute approximate surface area is 128 Å². The van der Waals surface area contributed by atoms with Gasteiger partial charge < -0.3 is 5.32 Å². The van der Waals surface area contributed by atoms with Crippen molar-refractivity contribution in [2.45, 2.75) is 38.1 Å². The topological polar surface area (TPSA) is 72.7 Å². The van der Waals surface area contributed by atoms with Gasteiger partial charge in [0.2, 0.25) is 11.1 Å². The van der Waals surface area contributed by atoms with E-state index in [0.29, 0.717) is 11.7 Å². The molecular formula is C14H19N5OS. The first-order chi connectivity index (χ1) is 10.0. The second-order valence-electron chi connectivity index (χ2n) is 4.82. The Morgan fingerprint density at radius 2 is 2.19 bits per heavy atom. The zero-order valence-corrected chi connectivity index (χ0v) is 13.4. The van der Waals surface area contributed by atoms with Gasteiger partial charge in [-0.2, -0.15) is 4.68 Å². The van der Waals surface area contributed by atoms with E-state index in [4.69, 9.17) is 0 Å². The number of hydrogen-bond donors (Lipinski definition) is 1. The Balaban J connectivity index is 2.26. The van der Waals surface area contributed by atoms with Crippen LogP contribution in [0.25, 0.3) is 5.69 Å². The van der Waals surface area contributed by atoms with E-state index in [1.165, 1.54) is 11.8 Å². The van der Waals surface area contributed by atoms with Crippen molar-refractivity contribution in [2.24, 2.45) is 0 Å². The van der Waals surface area contributed by atoms with Crippen molar-refractivity contribution < 1.29 is 4.79 Å². The number of carbonyl (C=O) groups is 1. The molecule has 6 nitrogen and oxygen atoms in total. The van der Waals surface area contributed by atoms with E-state index in [-0.39, 0.29) is 11.2 Å². The lowest BCUT2D eigenvalue weighted by Gasteiger charge is -2.12. The number of aryl methyl sites for hydroxylation is 2. The molecule has 1 aromatic carbocycles. The minimum Gasteiger partial charge on any atom is -0.355 e. The zero-order chi connectivity index (χ0) is 15.4. The first kappa shape index (κ1) is 15.5. The molecule has 1 atom stereocenters. The SMILES string of the molecule is CCNC(=O)[C@H](C)Sc1nnnn1-c1cc(C)ccc1C. The van der Waals surface area contributed by atoms with Gasteiger partial charge in [-0.05, 0) is 55.3 Å². The standard InChI is InChI=1S/C14H19N5OS/c1-5-15-13(20)11(4)21-14-16-17-18-19(14)12-8-9(2)6-7-10(12)3/h6-8,11H,5H2,1-4H3,(H,15,20)/t11-/m0/s1. The Bertz CT molecular complexity index is 640. The first-order valence-corrected chi connectivity index (χ1v) is 7.71. The molecule has 0 unspecified atom stereocenters. The van der Waals surface area contributed by atoms with Crippen LogP contribution in [0.1, 0.15) is 25.0 Å². The predicted molar refractivity (Wildman–Crippen MR) is 82.6 cm³/mol. The fraction of sp³-hybridized carbons (Fsp3) is 0.429. The molecule has 21 heavy (non-hydrogen) atoms. The van der Waals surface area contributed by atoms with Crippen LogP contribution in [0.2, 0.25) is 0 Å². The molecule has 1 aromatic heterocycles. The number of thioether (sulfide) groups is 1. The highest BCUT2D eigenvalue weighted by Gasteiger charge is 2.19. The average molecular weight is 305 g/mol. The van der Waals surface area contributed by atoms with Crippen LogP contribution in [0.3, 0.4) is 0 Å². The molecule has 0 bridgehead atoms. The van der Waals surface area contributed by atoms with Gasteiger partial charge in [-0.25, -0.2) is 0 Å². The molecule has 1 heterocycles. The molecule has 0 aliphatic carbocycles. The Morgan fingerprint density at radius 3 is 2.90 bits per heavy atom. The second-order valence-corrected chi connectivity index (χ2v) is 6.13. The first-order valence-electron chi connectivity index (χ1n) is 6.83. The molecule has 0 aliphatic rings. The van der Waals surface area contributed by atoms with Crippen LogP contribution in [0.15, 0.2) is 23.4 Å². The summed E-state index contributed by atoms with van der Waals surface area (Å²) in [4.78, 5) is 11.8. The molecule has 0 fully saturated rings. The van der Waals surface area contributed by atoms with Crippen molar-refractivity contribution in [1.29, 1.82) is 0 Å². The van der Waals surface area contributed by atoms with Crippen molar-refractivity contribution in [3.63, 3.8) is 0 Å². The van der Waals surface area contributed by atoms with E-state index in [2.05, 4.69) is 20.8 Å². The maximum Gasteiger partial charge on any atom is 0.233 e. The number of nitrogens with zero attached hydrogens (tertiary/aromatic N) is 4. The van der Waals surface area contributed by atoms with Crippen molar-refractivity contribution in [2.75, 3.05) is 6.54 Å². The van der Waals surface area contributed by atoms with Gasteiger partial charge in [-0.3, -0.25) is 4.79 Å². The molecule has 7 heteroatoms. The lowest BCUT2D eigenvalue weighted by molar-refractivity contribution is -0.120. The molecule has 112 valence electrons. The largest absolute Gasteiger partial charge is 0.355 e. The maximum atomic E-state index is 11.8. The van der Waals surface area contributed by atoms with Crippen LogP contribution in [0.4, 0.5) is 0 Å². The van der Waals surface area contributed by atoms with Crippen LogP contribution in [0.5, 0.6) is 0 Å². The van der Waals surface area contributed by atoms with Gasteiger partial charge in [0.25, 0.3) is 0 Å². The van der Waals surface area contributed by atoms with Crippen LogP contribution >= 0.6 is 11.8 Å². The summed E-state index contributed by atoms with van der Waals surface area (Å²) in [6.45, 7) is 8.40.